The van der Waals surface area contributed by atoms with Crippen molar-refractivity contribution >= 4 is 27.7 Å². The van der Waals surface area contributed by atoms with Crippen LogP contribution in [0.5, 0.6) is 0 Å². The van der Waals surface area contributed by atoms with Crippen LogP contribution in [-0.4, -0.2) is 22.4 Å². The lowest BCUT2D eigenvalue weighted by Gasteiger charge is -2.07. The van der Waals surface area contributed by atoms with Crippen molar-refractivity contribution in [1.29, 1.82) is 0 Å². The summed E-state index contributed by atoms with van der Waals surface area (Å²) in [5, 5.41) is 5.15. The molecule has 4 aromatic rings. The molecule has 5 rings (SSSR count). The lowest BCUT2D eigenvalue weighted by atomic mass is 9.98. The Morgan fingerprint density at radius 3 is 2.83 bits per heavy atom. The molecule has 4 nitrogen and oxygen atoms in total. The van der Waals surface area contributed by atoms with Gasteiger partial charge in [-0.3, -0.25) is 9.78 Å². The number of carbonyl (C=O) groups excluding carboxylic acids is 1. The number of aromatic amines is 1. The Bertz CT molecular complexity index is 1110. The van der Waals surface area contributed by atoms with E-state index in [0.29, 0.717) is 6.54 Å². The van der Waals surface area contributed by atoms with Gasteiger partial charge in [-0.1, -0.05) is 24.3 Å². The van der Waals surface area contributed by atoms with Gasteiger partial charge in [-0.05, 0) is 36.2 Å². The first-order valence-electron chi connectivity index (χ1n) is 8.09. The summed E-state index contributed by atoms with van der Waals surface area (Å²) in [6, 6.07) is 16.1. The maximum atomic E-state index is 12.3. The molecule has 116 valence electrons. The van der Waals surface area contributed by atoms with Crippen LogP contribution in [0.25, 0.3) is 33.1 Å². The molecule has 0 atom stereocenters. The number of aromatic nitrogens is 2. The van der Waals surface area contributed by atoms with Gasteiger partial charge in [-0.15, -0.1) is 0 Å². The third kappa shape index (κ3) is 1.80. The van der Waals surface area contributed by atoms with E-state index in [-0.39, 0.29) is 5.91 Å². The van der Waals surface area contributed by atoms with Crippen molar-refractivity contribution in [1.82, 2.24) is 15.3 Å². The van der Waals surface area contributed by atoms with Crippen LogP contribution >= 0.6 is 0 Å². The Morgan fingerprint density at radius 2 is 1.88 bits per heavy atom. The second-order valence-electron chi connectivity index (χ2n) is 6.09. The molecule has 0 saturated heterocycles. The van der Waals surface area contributed by atoms with Crippen molar-refractivity contribution in [3.05, 3.63) is 65.9 Å². The highest BCUT2D eigenvalue weighted by Crippen LogP contribution is 2.36. The van der Waals surface area contributed by atoms with Gasteiger partial charge in [0, 0.05) is 40.2 Å². The number of rotatable bonds is 1. The highest BCUT2D eigenvalue weighted by atomic mass is 16.1. The van der Waals surface area contributed by atoms with E-state index in [1.165, 1.54) is 5.56 Å². The number of benzene rings is 2. The minimum Gasteiger partial charge on any atom is -0.354 e. The highest BCUT2D eigenvalue weighted by Gasteiger charge is 2.22. The maximum absolute atomic E-state index is 12.3. The molecule has 2 aromatic heterocycles. The summed E-state index contributed by atoms with van der Waals surface area (Å²) in [7, 11) is 0. The molecule has 0 fully saturated rings. The van der Waals surface area contributed by atoms with Gasteiger partial charge in [0.2, 0.25) is 0 Å². The fourth-order valence-corrected chi connectivity index (χ4v) is 3.70. The Hall–Kier alpha value is -3.14. The maximum Gasteiger partial charge on any atom is 0.251 e. The summed E-state index contributed by atoms with van der Waals surface area (Å²) in [5.41, 5.74) is 6.16. The Balaban J connectivity index is 1.89. The summed E-state index contributed by atoms with van der Waals surface area (Å²) in [5.74, 6) is 0.00415. The van der Waals surface area contributed by atoms with E-state index in [0.717, 1.165) is 45.0 Å². The van der Waals surface area contributed by atoms with Crippen LogP contribution in [0.2, 0.25) is 0 Å². The van der Waals surface area contributed by atoms with E-state index in [1.807, 2.05) is 48.7 Å². The molecule has 0 spiro atoms. The molecular weight excluding hydrogens is 298 g/mol. The molecule has 0 saturated carbocycles. The first kappa shape index (κ1) is 13.3. The van der Waals surface area contributed by atoms with Crippen LogP contribution in [-0.2, 0) is 6.42 Å². The van der Waals surface area contributed by atoms with Gasteiger partial charge in [0.05, 0.1) is 11.2 Å². The summed E-state index contributed by atoms with van der Waals surface area (Å²) in [4.78, 5) is 20.3. The lowest BCUT2D eigenvalue weighted by Crippen LogP contribution is -2.23. The zero-order valence-corrected chi connectivity index (χ0v) is 13.0. The molecule has 1 aliphatic rings. The van der Waals surface area contributed by atoms with Gasteiger partial charge in [0.25, 0.3) is 5.91 Å². The summed E-state index contributed by atoms with van der Waals surface area (Å²) in [6.07, 6.45) is 2.66. The Morgan fingerprint density at radius 1 is 0.958 bits per heavy atom. The molecule has 2 aromatic carbocycles. The standard InChI is InChI=1S/C20H15N3O/c24-20-15-5-3-7-17-18(15)14(9-11-22-20)19(23-17)13-8-10-21-16-6-2-1-4-12(13)16/h1-8,10,23H,9,11H2,(H,22,24). The number of para-hydroxylation sites is 1. The molecule has 4 heteroatoms. The number of hydrogen-bond acceptors (Lipinski definition) is 2. The van der Waals surface area contributed by atoms with Crippen molar-refractivity contribution in [3.63, 3.8) is 0 Å². The molecular formula is C20H15N3O. The number of fused-ring (bicyclic) bond motifs is 1. The molecule has 0 unspecified atom stereocenters. The number of amides is 1. The number of nitrogens with zero attached hydrogens (tertiary/aromatic N) is 1. The summed E-state index contributed by atoms with van der Waals surface area (Å²) in [6.45, 7) is 0.649. The van der Waals surface area contributed by atoms with E-state index in [1.54, 1.807) is 0 Å². The van der Waals surface area contributed by atoms with E-state index < -0.39 is 0 Å². The first-order chi connectivity index (χ1) is 11.8. The van der Waals surface area contributed by atoms with Crippen molar-refractivity contribution < 1.29 is 4.79 Å². The van der Waals surface area contributed by atoms with E-state index in [4.69, 9.17) is 0 Å². The third-order valence-corrected chi connectivity index (χ3v) is 4.75. The minimum atomic E-state index is 0.00415. The molecule has 1 amide bonds. The Labute approximate surface area is 138 Å². The van der Waals surface area contributed by atoms with E-state index in [2.05, 4.69) is 21.4 Å². The lowest BCUT2D eigenvalue weighted by molar-refractivity contribution is 0.0957. The molecule has 0 aliphatic carbocycles. The predicted octanol–water partition coefficient (Wildman–Crippen LogP) is 3.67. The average Bonchev–Trinajstić information content (AvgIpc) is 2.90. The molecule has 2 N–H and O–H groups in total. The van der Waals surface area contributed by atoms with Gasteiger partial charge in [-0.25, -0.2) is 0 Å². The summed E-state index contributed by atoms with van der Waals surface area (Å²) < 4.78 is 0. The van der Waals surface area contributed by atoms with Crippen molar-refractivity contribution in [2.75, 3.05) is 6.54 Å². The monoisotopic (exact) mass is 313 g/mol. The highest BCUT2D eigenvalue weighted by molar-refractivity contribution is 6.11. The van der Waals surface area contributed by atoms with Gasteiger partial charge in [0.15, 0.2) is 0 Å². The van der Waals surface area contributed by atoms with Gasteiger partial charge in [-0.2, -0.15) is 0 Å². The molecule has 3 heterocycles. The van der Waals surface area contributed by atoms with Gasteiger partial charge < -0.3 is 10.3 Å². The number of carbonyl (C=O) groups is 1. The minimum absolute atomic E-state index is 0.00415. The summed E-state index contributed by atoms with van der Waals surface area (Å²) >= 11 is 0. The number of H-pyrrole nitrogens is 1. The second-order valence-corrected chi connectivity index (χ2v) is 6.09. The van der Waals surface area contributed by atoms with Crippen LogP contribution in [0.4, 0.5) is 0 Å². The number of pyridine rings is 1. The largest absolute Gasteiger partial charge is 0.354 e. The second kappa shape index (κ2) is 4.93. The van der Waals surface area contributed by atoms with Crippen LogP contribution in [0, 0.1) is 0 Å². The zero-order valence-electron chi connectivity index (χ0n) is 13.0. The number of nitrogens with one attached hydrogen (secondary N) is 2. The topological polar surface area (TPSA) is 57.8 Å². The van der Waals surface area contributed by atoms with Crippen molar-refractivity contribution in [2.45, 2.75) is 6.42 Å². The van der Waals surface area contributed by atoms with Crippen molar-refractivity contribution in [3.8, 4) is 11.3 Å². The zero-order chi connectivity index (χ0) is 16.1. The smallest absolute Gasteiger partial charge is 0.251 e. The average molecular weight is 313 g/mol. The molecule has 0 bridgehead atoms. The Kier molecular flexibility index (Phi) is 2.73. The van der Waals surface area contributed by atoms with Crippen LogP contribution in [0.1, 0.15) is 15.9 Å². The predicted molar refractivity (Wildman–Crippen MR) is 95.1 cm³/mol. The van der Waals surface area contributed by atoms with Crippen LogP contribution in [0.15, 0.2) is 54.7 Å². The normalized spacial score (nSPS) is 13.9. The molecule has 0 radical (unpaired) electrons. The van der Waals surface area contributed by atoms with Gasteiger partial charge in [0.1, 0.15) is 0 Å². The van der Waals surface area contributed by atoms with Crippen LogP contribution < -0.4 is 5.32 Å². The number of hydrogen-bond donors (Lipinski definition) is 2. The first-order valence-corrected chi connectivity index (χ1v) is 8.09. The SMILES string of the molecule is O=C1NCCc2c(-c3ccnc4ccccc34)[nH]c3cccc1c23. The van der Waals surface area contributed by atoms with Crippen molar-refractivity contribution in [2.24, 2.45) is 0 Å². The molecule has 24 heavy (non-hydrogen) atoms. The fourth-order valence-electron chi connectivity index (χ4n) is 3.70. The quantitative estimate of drug-likeness (QED) is 0.563. The van der Waals surface area contributed by atoms with Gasteiger partial charge >= 0.3 is 0 Å². The van der Waals surface area contributed by atoms with E-state index >= 15 is 0 Å². The van der Waals surface area contributed by atoms with Crippen LogP contribution in [0.3, 0.4) is 0 Å². The fraction of sp³-hybridized carbons (Fsp3) is 0.100. The third-order valence-electron chi connectivity index (χ3n) is 4.75. The van der Waals surface area contributed by atoms with E-state index in [9.17, 15) is 4.79 Å². The molecule has 1 aliphatic heterocycles.